The summed E-state index contributed by atoms with van der Waals surface area (Å²) in [6, 6.07) is 13.3. The number of benzene rings is 2. The molecule has 0 aliphatic carbocycles. The molecule has 1 aliphatic rings. The summed E-state index contributed by atoms with van der Waals surface area (Å²) in [7, 11) is -3.62. The predicted octanol–water partition coefficient (Wildman–Crippen LogP) is 2.04. The lowest BCUT2D eigenvalue weighted by molar-refractivity contribution is 0.181. The minimum Gasteiger partial charge on any atom is -0.296 e. The fourth-order valence-electron chi connectivity index (χ4n) is 3.21. The van der Waals surface area contributed by atoms with Gasteiger partial charge in [-0.15, -0.1) is 0 Å². The molecule has 0 amide bonds. The molecule has 2 aromatic carbocycles. The van der Waals surface area contributed by atoms with Gasteiger partial charge >= 0.3 is 0 Å². The number of rotatable bonds is 4. The molecule has 1 aliphatic heterocycles. The van der Waals surface area contributed by atoms with Crippen LogP contribution in [-0.4, -0.2) is 54.1 Å². The van der Waals surface area contributed by atoms with Crippen LogP contribution in [0.1, 0.15) is 11.1 Å². The Hall–Kier alpha value is -2.29. The van der Waals surface area contributed by atoms with E-state index in [-0.39, 0.29) is 10.4 Å². The van der Waals surface area contributed by atoms with Gasteiger partial charge in [0, 0.05) is 32.7 Å². The molecule has 1 saturated heterocycles. The van der Waals surface area contributed by atoms with Crippen molar-refractivity contribution in [2.75, 3.05) is 26.2 Å². The molecule has 1 aromatic heterocycles. The lowest BCUT2D eigenvalue weighted by Crippen LogP contribution is -2.48. The summed E-state index contributed by atoms with van der Waals surface area (Å²) in [5, 5.41) is 7.48. The zero-order valence-corrected chi connectivity index (χ0v) is 15.3. The number of piperazine rings is 1. The zero-order valence-electron chi connectivity index (χ0n) is 14.5. The molecule has 2 heterocycles. The molecular weight excluding hydrogens is 352 g/mol. The van der Waals surface area contributed by atoms with E-state index in [1.54, 1.807) is 18.2 Å². The van der Waals surface area contributed by atoms with E-state index in [2.05, 4.69) is 51.0 Å². The van der Waals surface area contributed by atoms with E-state index < -0.39 is 10.0 Å². The van der Waals surface area contributed by atoms with Gasteiger partial charge in [-0.2, -0.15) is 4.31 Å². The zero-order chi connectivity index (χ0) is 18.1. The highest BCUT2D eigenvalue weighted by atomic mass is 32.2. The van der Waals surface area contributed by atoms with Crippen LogP contribution < -0.4 is 0 Å². The molecule has 136 valence electrons. The second-order valence-electron chi connectivity index (χ2n) is 6.55. The second kappa shape index (κ2) is 6.79. The Morgan fingerprint density at radius 2 is 1.73 bits per heavy atom. The van der Waals surface area contributed by atoms with Crippen LogP contribution in [0.2, 0.25) is 0 Å². The third-order valence-corrected chi connectivity index (χ3v) is 6.66. The minimum atomic E-state index is -3.62. The maximum atomic E-state index is 13.0. The van der Waals surface area contributed by atoms with Crippen LogP contribution in [0.25, 0.3) is 11.0 Å². The van der Waals surface area contributed by atoms with E-state index in [4.69, 9.17) is 0 Å². The van der Waals surface area contributed by atoms with Gasteiger partial charge in [-0.1, -0.05) is 35.9 Å². The molecule has 26 heavy (non-hydrogen) atoms. The van der Waals surface area contributed by atoms with Gasteiger partial charge < -0.3 is 0 Å². The summed E-state index contributed by atoms with van der Waals surface area (Å²) in [4.78, 5) is 2.43. The van der Waals surface area contributed by atoms with E-state index in [9.17, 15) is 8.42 Å². The minimum absolute atomic E-state index is 0.156. The van der Waals surface area contributed by atoms with Gasteiger partial charge in [-0.3, -0.25) is 4.90 Å². The van der Waals surface area contributed by atoms with Crippen molar-refractivity contribution in [3.05, 3.63) is 53.6 Å². The third kappa shape index (κ3) is 3.23. The Kier molecular flexibility index (Phi) is 4.47. The van der Waals surface area contributed by atoms with Gasteiger partial charge in [0.2, 0.25) is 10.0 Å². The monoisotopic (exact) mass is 372 g/mol. The van der Waals surface area contributed by atoms with Crippen LogP contribution in [0.3, 0.4) is 0 Å². The molecule has 0 bridgehead atoms. The molecule has 0 spiro atoms. The first-order valence-electron chi connectivity index (χ1n) is 8.53. The Bertz CT molecular complexity index is 1010. The first-order valence-corrected chi connectivity index (χ1v) is 9.97. The van der Waals surface area contributed by atoms with Crippen molar-refractivity contribution in [1.29, 1.82) is 0 Å². The Morgan fingerprint density at radius 3 is 2.46 bits per heavy atom. The smallest absolute Gasteiger partial charge is 0.245 e. The van der Waals surface area contributed by atoms with Crippen LogP contribution in [0.4, 0.5) is 0 Å². The number of fused-ring (bicyclic) bond motifs is 1. The molecule has 4 rings (SSSR count). The molecule has 0 saturated carbocycles. The number of hydrogen-bond acceptors (Lipinski definition) is 6. The molecule has 8 heteroatoms. The summed E-state index contributed by atoms with van der Waals surface area (Å²) >= 11 is 0. The first-order chi connectivity index (χ1) is 12.5. The van der Waals surface area contributed by atoms with Gasteiger partial charge in [0.05, 0.1) is 0 Å². The molecule has 0 unspecified atom stereocenters. The largest absolute Gasteiger partial charge is 0.296 e. The predicted molar refractivity (Wildman–Crippen MR) is 97.0 cm³/mol. The molecule has 1 fully saturated rings. The lowest BCUT2D eigenvalue weighted by Gasteiger charge is -2.34. The average Bonchev–Trinajstić information content (AvgIpc) is 3.13. The third-order valence-electron chi connectivity index (χ3n) is 4.72. The van der Waals surface area contributed by atoms with Crippen molar-refractivity contribution in [2.45, 2.75) is 18.4 Å². The molecule has 0 N–H and O–H groups in total. The normalized spacial score (nSPS) is 17.0. The fourth-order valence-corrected chi connectivity index (χ4v) is 4.77. The topological polar surface area (TPSA) is 79.5 Å². The standard InChI is InChI=1S/C18H20N4O3S/c1-14-5-7-15(8-6-14)13-21-9-11-22(12-10-21)26(23,24)17-4-2-3-16-18(17)20-25-19-16/h2-8H,9-13H2,1H3. The van der Waals surface area contributed by atoms with Crippen molar-refractivity contribution >= 4 is 21.1 Å². The molecule has 3 aromatic rings. The summed E-state index contributed by atoms with van der Waals surface area (Å²) in [6.45, 7) is 5.20. The van der Waals surface area contributed by atoms with Gasteiger partial charge in [0.25, 0.3) is 0 Å². The SMILES string of the molecule is Cc1ccc(CN2CCN(S(=O)(=O)c3cccc4nonc34)CC2)cc1. The number of aromatic nitrogens is 2. The highest BCUT2D eigenvalue weighted by Gasteiger charge is 2.30. The van der Waals surface area contributed by atoms with Crippen molar-refractivity contribution in [3.63, 3.8) is 0 Å². The lowest BCUT2D eigenvalue weighted by atomic mass is 10.1. The number of aryl methyl sites for hydroxylation is 1. The quantitative estimate of drug-likeness (QED) is 0.697. The highest BCUT2D eigenvalue weighted by Crippen LogP contribution is 2.24. The molecular formula is C18H20N4O3S. The molecule has 0 atom stereocenters. The number of hydrogen-bond donors (Lipinski definition) is 0. The van der Waals surface area contributed by atoms with Crippen LogP contribution in [0.5, 0.6) is 0 Å². The van der Waals surface area contributed by atoms with Crippen molar-refractivity contribution < 1.29 is 13.0 Å². The summed E-state index contributed by atoms with van der Waals surface area (Å²) in [5.41, 5.74) is 3.21. The van der Waals surface area contributed by atoms with Gasteiger partial charge in [0.1, 0.15) is 10.4 Å². The van der Waals surface area contributed by atoms with Crippen molar-refractivity contribution in [3.8, 4) is 0 Å². The second-order valence-corrected chi connectivity index (χ2v) is 8.46. The summed E-state index contributed by atoms with van der Waals surface area (Å²) in [5.74, 6) is 0. The van der Waals surface area contributed by atoms with Gasteiger partial charge in [0.15, 0.2) is 5.52 Å². The Labute approximate surface area is 152 Å². The van der Waals surface area contributed by atoms with Gasteiger partial charge in [-0.05, 0) is 34.9 Å². The maximum Gasteiger partial charge on any atom is 0.245 e. The van der Waals surface area contributed by atoms with E-state index in [1.165, 1.54) is 15.4 Å². The summed E-state index contributed by atoms with van der Waals surface area (Å²) < 4.78 is 32.2. The maximum absolute atomic E-state index is 13.0. The van der Waals surface area contributed by atoms with Crippen LogP contribution in [-0.2, 0) is 16.6 Å². The Morgan fingerprint density at radius 1 is 1.00 bits per heavy atom. The van der Waals surface area contributed by atoms with Crippen LogP contribution >= 0.6 is 0 Å². The molecule has 0 radical (unpaired) electrons. The van der Waals surface area contributed by atoms with E-state index in [1.807, 2.05) is 0 Å². The summed E-state index contributed by atoms with van der Waals surface area (Å²) in [6.07, 6.45) is 0. The fraction of sp³-hybridized carbons (Fsp3) is 0.333. The van der Waals surface area contributed by atoms with Crippen molar-refractivity contribution in [2.24, 2.45) is 0 Å². The van der Waals surface area contributed by atoms with E-state index in [0.29, 0.717) is 31.7 Å². The van der Waals surface area contributed by atoms with Crippen molar-refractivity contribution in [1.82, 2.24) is 19.5 Å². The average molecular weight is 372 g/mol. The first kappa shape index (κ1) is 17.1. The number of nitrogens with zero attached hydrogens (tertiary/aromatic N) is 4. The van der Waals surface area contributed by atoms with E-state index in [0.717, 1.165) is 6.54 Å². The van der Waals surface area contributed by atoms with Crippen LogP contribution in [0, 0.1) is 6.92 Å². The Balaban J connectivity index is 1.47. The molecule has 7 nitrogen and oxygen atoms in total. The number of sulfonamides is 1. The highest BCUT2D eigenvalue weighted by molar-refractivity contribution is 7.89. The van der Waals surface area contributed by atoms with E-state index >= 15 is 0 Å². The van der Waals surface area contributed by atoms with Crippen LogP contribution in [0.15, 0.2) is 52.0 Å². The van der Waals surface area contributed by atoms with Gasteiger partial charge in [-0.25, -0.2) is 13.0 Å².